The molecule has 0 unspecified atom stereocenters. The number of ether oxygens (including phenoxy) is 1. The molecule has 3 rings (SSSR count). The molecule has 0 atom stereocenters. The third-order valence-corrected chi connectivity index (χ3v) is 5.44. The van der Waals surface area contributed by atoms with E-state index >= 15 is 0 Å². The Morgan fingerprint density at radius 1 is 1.17 bits per heavy atom. The highest BCUT2D eigenvalue weighted by atomic mass is 35.5. The smallest absolute Gasteiger partial charge is 0.257 e. The molecule has 1 heterocycles. The minimum atomic E-state index is -0.304. The Labute approximate surface area is 181 Å². The fourth-order valence-corrected chi connectivity index (χ4v) is 3.82. The summed E-state index contributed by atoms with van der Waals surface area (Å²) in [5.41, 5.74) is 2.15. The van der Waals surface area contributed by atoms with E-state index in [2.05, 4.69) is 27.4 Å². The van der Waals surface area contributed by atoms with Gasteiger partial charge in [0.15, 0.2) is 5.11 Å². The van der Waals surface area contributed by atoms with Crippen LogP contribution in [0.5, 0.6) is 5.75 Å². The lowest BCUT2D eigenvalue weighted by Crippen LogP contribution is -2.46. The largest absolute Gasteiger partial charge is 0.497 e. The number of amides is 1. The van der Waals surface area contributed by atoms with Gasteiger partial charge in [-0.15, -0.1) is 0 Å². The molecule has 0 bridgehead atoms. The fraction of sp³-hybridized carbons (Fsp3) is 0.333. The van der Waals surface area contributed by atoms with Gasteiger partial charge in [0, 0.05) is 31.7 Å². The standard InChI is InChI=1S/C21H25ClN4O2S/c1-3-25-10-12-26(13-11-25)19-17(22)8-5-9-18(19)23-21(29)24-20(27)15-6-4-7-16(14-15)28-2/h4-9,14H,3,10-13H2,1-2H3,(H2,23,24,27,29). The lowest BCUT2D eigenvalue weighted by molar-refractivity contribution is 0.0977. The summed E-state index contributed by atoms with van der Waals surface area (Å²) in [6.07, 6.45) is 0. The van der Waals surface area contributed by atoms with E-state index in [9.17, 15) is 4.79 Å². The molecule has 0 radical (unpaired) electrons. The summed E-state index contributed by atoms with van der Waals surface area (Å²) in [7, 11) is 1.56. The van der Waals surface area contributed by atoms with Gasteiger partial charge in [-0.3, -0.25) is 10.1 Å². The zero-order valence-corrected chi connectivity index (χ0v) is 18.1. The normalized spacial score (nSPS) is 14.4. The van der Waals surface area contributed by atoms with Crippen molar-refractivity contribution in [1.82, 2.24) is 10.2 Å². The number of likely N-dealkylation sites (N-methyl/N-ethyl adjacent to an activating group) is 1. The van der Waals surface area contributed by atoms with Crippen LogP contribution >= 0.6 is 23.8 Å². The minimum absolute atomic E-state index is 0.216. The van der Waals surface area contributed by atoms with Gasteiger partial charge in [-0.2, -0.15) is 0 Å². The van der Waals surface area contributed by atoms with Gasteiger partial charge in [0.05, 0.1) is 23.5 Å². The highest BCUT2D eigenvalue weighted by Gasteiger charge is 2.21. The van der Waals surface area contributed by atoms with Crippen molar-refractivity contribution in [3.05, 3.63) is 53.1 Å². The average Bonchev–Trinajstić information content (AvgIpc) is 2.74. The van der Waals surface area contributed by atoms with Crippen LogP contribution in [0, 0.1) is 0 Å². The number of carbonyl (C=O) groups is 1. The second-order valence-corrected chi connectivity index (χ2v) is 7.51. The third-order valence-electron chi connectivity index (χ3n) is 4.93. The molecule has 1 aliphatic heterocycles. The lowest BCUT2D eigenvalue weighted by atomic mass is 10.2. The number of hydrogen-bond acceptors (Lipinski definition) is 5. The molecule has 0 saturated carbocycles. The van der Waals surface area contributed by atoms with E-state index in [1.165, 1.54) is 0 Å². The number of methoxy groups -OCH3 is 1. The second kappa shape index (κ2) is 9.91. The summed E-state index contributed by atoms with van der Waals surface area (Å²) in [5.74, 6) is 0.307. The molecule has 2 aromatic rings. The summed E-state index contributed by atoms with van der Waals surface area (Å²) in [5, 5.41) is 6.72. The predicted octanol–water partition coefficient (Wildman–Crippen LogP) is 3.62. The van der Waals surface area contributed by atoms with E-state index in [1.807, 2.05) is 18.2 Å². The van der Waals surface area contributed by atoms with Gasteiger partial charge in [0.1, 0.15) is 5.75 Å². The first-order valence-electron chi connectivity index (χ1n) is 9.54. The summed E-state index contributed by atoms with van der Waals surface area (Å²) in [6, 6.07) is 12.6. The van der Waals surface area contributed by atoms with Crippen molar-refractivity contribution in [2.24, 2.45) is 0 Å². The van der Waals surface area contributed by atoms with Crippen LogP contribution in [0.15, 0.2) is 42.5 Å². The zero-order valence-electron chi connectivity index (χ0n) is 16.6. The highest BCUT2D eigenvalue weighted by molar-refractivity contribution is 7.80. The first-order valence-corrected chi connectivity index (χ1v) is 10.3. The molecule has 0 aliphatic carbocycles. The molecular formula is C21H25ClN4O2S. The van der Waals surface area contributed by atoms with Crippen molar-refractivity contribution in [2.75, 3.05) is 50.1 Å². The fourth-order valence-electron chi connectivity index (χ4n) is 3.32. The van der Waals surface area contributed by atoms with Gasteiger partial charge in [-0.25, -0.2) is 0 Å². The number of carbonyl (C=O) groups excluding carboxylic acids is 1. The van der Waals surface area contributed by atoms with Crippen LogP contribution in [0.4, 0.5) is 11.4 Å². The van der Waals surface area contributed by atoms with Crippen LogP contribution in [-0.2, 0) is 0 Å². The third kappa shape index (κ3) is 5.38. The van der Waals surface area contributed by atoms with Crippen molar-refractivity contribution in [1.29, 1.82) is 0 Å². The number of benzene rings is 2. The number of nitrogens with one attached hydrogen (secondary N) is 2. The number of nitrogens with zero attached hydrogens (tertiary/aromatic N) is 2. The van der Waals surface area contributed by atoms with Gasteiger partial charge in [-0.05, 0) is 49.1 Å². The van der Waals surface area contributed by atoms with Gasteiger partial charge >= 0.3 is 0 Å². The number of hydrogen-bond donors (Lipinski definition) is 2. The Balaban J connectivity index is 1.70. The summed E-state index contributed by atoms with van der Waals surface area (Å²) in [4.78, 5) is 17.2. The Bertz CT molecular complexity index is 885. The summed E-state index contributed by atoms with van der Waals surface area (Å²) < 4.78 is 5.17. The Hall–Kier alpha value is -2.35. The van der Waals surface area contributed by atoms with E-state index in [4.69, 9.17) is 28.6 Å². The van der Waals surface area contributed by atoms with Crippen molar-refractivity contribution < 1.29 is 9.53 Å². The SMILES string of the molecule is CCN1CCN(c2c(Cl)cccc2NC(=S)NC(=O)c2cccc(OC)c2)CC1. The first kappa shape index (κ1) is 21.4. The van der Waals surface area contributed by atoms with Crippen LogP contribution in [-0.4, -0.2) is 55.8 Å². The van der Waals surface area contributed by atoms with Crippen LogP contribution in [0.2, 0.25) is 5.02 Å². The minimum Gasteiger partial charge on any atom is -0.497 e. The van der Waals surface area contributed by atoms with E-state index < -0.39 is 0 Å². The van der Waals surface area contributed by atoms with Crippen LogP contribution in [0.1, 0.15) is 17.3 Å². The number of anilines is 2. The van der Waals surface area contributed by atoms with Crippen LogP contribution in [0.3, 0.4) is 0 Å². The molecule has 2 aromatic carbocycles. The molecule has 1 saturated heterocycles. The monoisotopic (exact) mass is 432 g/mol. The maximum absolute atomic E-state index is 12.5. The van der Waals surface area contributed by atoms with E-state index in [0.29, 0.717) is 16.3 Å². The number of thiocarbonyl (C=S) groups is 1. The van der Waals surface area contributed by atoms with E-state index in [1.54, 1.807) is 31.4 Å². The zero-order chi connectivity index (χ0) is 20.8. The summed E-state index contributed by atoms with van der Waals surface area (Å²) in [6.45, 7) is 6.95. The molecule has 29 heavy (non-hydrogen) atoms. The quantitative estimate of drug-likeness (QED) is 0.704. The molecule has 0 spiro atoms. The topological polar surface area (TPSA) is 56.8 Å². The Morgan fingerprint density at radius 2 is 1.90 bits per heavy atom. The van der Waals surface area contributed by atoms with Gasteiger partial charge in [-0.1, -0.05) is 30.7 Å². The number of piperazine rings is 1. The van der Waals surface area contributed by atoms with Crippen LogP contribution in [0.25, 0.3) is 0 Å². The molecule has 0 aromatic heterocycles. The Morgan fingerprint density at radius 3 is 2.59 bits per heavy atom. The van der Waals surface area contributed by atoms with Crippen molar-refractivity contribution in [2.45, 2.75) is 6.92 Å². The van der Waals surface area contributed by atoms with Crippen molar-refractivity contribution in [3.8, 4) is 5.75 Å². The predicted molar refractivity (Wildman–Crippen MR) is 122 cm³/mol. The highest BCUT2D eigenvalue weighted by Crippen LogP contribution is 2.34. The van der Waals surface area contributed by atoms with Gasteiger partial charge in [0.2, 0.25) is 0 Å². The lowest BCUT2D eigenvalue weighted by Gasteiger charge is -2.37. The average molecular weight is 433 g/mol. The number of rotatable bonds is 5. The summed E-state index contributed by atoms with van der Waals surface area (Å²) >= 11 is 11.9. The van der Waals surface area contributed by atoms with E-state index in [-0.39, 0.29) is 11.0 Å². The van der Waals surface area contributed by atoms with Gasteiger partial charge < -0.3 is 19.9 Å². The molecule has 154 valence electrons. The maximum Gasteiger partial charge on any atom is 0.257 e. The van der Waals surface area contributed by atoms with Crippen LogP contribution < -0.4 is 20.3 Å². The van der Waals surface area contributed by atoms with Crippen molar-refractivity contribution in [3.63, 3.8) is 0 Å². The second-order valence-electron chi connectivity index (χ2n) is 6.70. The molecule has 8 heteroatoms. The van der Waals surface area contributed by atoms with E-state index in [0.717, 1.165) is 44.1 Å². The molecule has 2 N–H and O–H groups in total. The maximum atomic E-state index is 12.5. The number of para-hydroxylation sites is 1. The molecular weight excluding hydrogens is 408 g/mol. The molecule has 1 aliphatic rings. The first-order chi connectivity index (χ1) is 14.0. The molecule has 1 amide bonds. The Kier molecular flexibility index (Phi) is 7.30. The molecule has 1 fully saturated rings. The number of halogens is 1. The molecule has 6 nitrogen and oxygen atoms in total. The van der Waals surface area contributed by atoms with Crippen molar-refractivity contribution >= 4 is 46.2 Å². The van der Waals surface area contributed by atoms with Gasteiger partial charge in [0.25, 0.3) is 5.91 Å².